The molecule has 128 valence electrons. The highest BCUT2D eigenvalue weighted by atomic mass is 79.9. The first kappa shape index (κ1) is 19.0. The molecule has 0 N–H and O–H groups in total. The SMILES string of the molecule is C#CCOc1cc(Br)c(/C=C2/SC(=O)N(CC#C)C2=O)cc1OCC. The molecule has 0 saturated carbocycles. The summed E-state index contributed by atoms with van der Waals surface area (Å²) >= 11 is 4.28. The van der Waals surface area contributed by atoms with Gasteiger partial charge in [-0.15, -0.1) is 12.8 Å². The van der Waals surface area contributed by atoms with Crippen LogP contribution in [0.3, 0.4) is 0 Å². The molecule has 1 saturated heterocycles. The smallest absolute Gasteiger partial charge is 0.294 e. The maximum Gasteiger partial charge on any atom is 0.294 e. The molecule has 1 aromatic rings. The van der Waals surface area contributed by atoms with E-state index < -0.39 is 5.91 Å². The van der Waals surface area contributed by atoms with Crippen LogP contribution >= 0.6 is 27.7 Å². The van der Waals surface area contributed by atoms with E-state index in [0.29, 0.717) is 33.0 Å². The summed E-state index contributed by atoms with van der Waals surface area (Å²) in [4.78, 5) is 25.4. The molecular weight excluding hydrogens is 406 g/mol. The van der Waals surface area contributed by atoms with Gasteiger partial charge in [0.2, 0.25) is 0 Å². The number of terminal acetylenes is 2. The lowest BCUT2D eigenvalue weighted by molar-refractivity contribution is -0.122. The Kier molecular flexibility index (Phi) is 6.58. The van der Waals surface area contributed by atoms with Crippen LogP contribution in [0.1, 0.15) is 12.5 Å². The summed E-state index contributed by atoms with van der Waals surface area (Å²) < 4.78 is 11.7. The van der Waals surface area contributed by atoms with Crippen LogP contribution in [0.25, 0.3) is 6.08 Å². The molecule has 2 rings (SSSR count). The number of rotatable bonds is 6. The van der Waals surface area contributed by atoms with Crippen molar-refractivity contribution in [3.63, 3.8) is 0 Å². The number of amides is 2. The predicted molar refractivity (Wildman–Crippen MR) is 101 cm³/mol. The van der Waals surface area contributed by atoms with Gasteiger partial charge in [0.25, 0.3) is 11.1 Å². The first-order chi connectivity index (χ1) is 12.0. The van der Waals surface area contributed by atoms with Gasteiger partial charge in [-0.2, -0.15) is 0 Å². The summed E-state index contributed by atoms with van der Waals surface area (Å²) in [5.41, 5.74) is 0.669. The summed E-state index contributed by atoms with van der Waals surface area (Å²) in [6.45, 7) is 2.34. The molecule has 7 heteroatoms. The van der Waals surface area contributed by atoms with Crippen LogP contribution in [0.2, 0.25) is 0 Å². The third-order valence-electron chi connectivity index (χ3n) is 3.08. The third-order valence-corrected chi connectivity index (χ3v) is 4.68. The van der Waals surface area contributed by atoms with Crippen molar-refractivity contribution in [3.05, 3.63) is 27.1 Å². The Bertz CT molecular complexity index is 820. The molecule has 1 aliphatic rings. The molecular formula is C18H14BrNO4S. The molecule has 0 aliphatic carbocycles. The van der Waals surface area contributed by atoms with Gasteiger partial charge in [-0.3, -0.25) is 14.5 Å². The Labute approximate surface area is 158 Å². The molecule has 25 heavy (non-hydrogen) atoms. The highest BCUT2D eigenvalue weighted by Gasteiger charge is 2.34. The van der Waals surface area contributed by atoms with Crippen molar-refractivity contribution < 1.29 is 19.1 Å². The van der Waals surface area contributed by atoms with Crippen molar-refractivity contribution in [1.82, 2.24) is 4.90 Å². The van der Waals surface area contributed by atoms with Crippen molar-refractivity contribution in [2.75, 3.05) is 19.8 Å². The van der Waals surface area contributed by atoms with Gasteiger partial charge in [0, 0.05) is 4.47 Å². The lowest BCUT2D eigenvalue weighted by Gasteiger charge is -2.13. The van der Waals surface area contributed by atoms with Crippen molar-refractivity contribution in [3.8, 4) is 36.2 Å². The quantitative estimate of drug-likeness (QED) is 0.521. The predicted octanol–water partition coefficient (Wildman–Crippen LogP) is 3.53. The number of carbonyl (C=O) groups excluding carboxylic acids is 2. The number of carbonyl (C=O) groups is 2. The number of halogens is 1. The number of ether oxygens (including phenoxy) is 2. The number of hydrogen-bond donors (Lipinski definition) is 0. The van der Waals surface area contributed by atoms with E-state index in [2.05, 4.69) is 27.8 Å². The first-order valence-electron chi connectivity index (χ1n) is 7.23. The molecule has 1 aliphatic heterocycles. The van der Waals surface area contributed by atoms with Gasteiger partial charge in [-0.05, 0) is 42.5 Å². The van der Waals surface area contributed by atoms with Crippen molar-refractivity contribution in [2.45, 2.75) is 6.92 Å². The fourth-order valence-corrected chi connectivity index (χ4v) is 3.30. The average molecular weight is 420 g/mol. The van der Waals surface area contributed by atoms with Gasteiger partial charge < -0.3 is 9.47 Å². The zero-order chi connectivity index (χ0) is 18.4. The number of nitrogens with zero attached hydrogens (tertiary/aromatic N) is 1. The van der Waals surface area contributed by atoms with E-state index in [1.54, 1.807) is 18.2 Å². The Morgan fingerprint density at radius 2 is 1.96 bits per heavy atom. The molecule has 1 aromatic carbocycles. The maximum atomic E-state index is 12.3. The first-order valence-corrected chi connectivity index (χ1v) is 8.84. The minimum Gasteiger partial charge on any atom is -0.490 e. The maximum absolute atomic E-state index is 12.3. The molecule has 1 heterocycles. The standard InChI is InChI=1S/C18H14BrNO4S/c1-4-7-20-17(21)16(25-18(20)22)10-12-9-14(23-6-3)15(11-13(12)19)24-8-5-2/h1-2,9-11H,6-8H2,3H3/b16-10+. The second kappa shape index (κ2) is 8.66. The van der Waals surface area contributed by atoms with E-state index in [1.165, 1.54) is 0 Å². The zero-order valence-electron chi connectivity index (χ0n) is 13.4. The normalized spacial score (nSPS) is 15.2. The fraction of sp³-hybridized carbons (Fsp3) is 0.222. The van der Waals surface area contributed by atoms with Gasteiger partial charge in [-0.25, -0.2) is 0 Å². The highest BCUT2D eigenvalue weighted by molar-refractivity contribution is 9.10. The van der Waals surface area contributed by atoms with Crippen LogP contribution in [-0.4, -0.2) is 35.8 Å². The Morgan fingerprint density at radius 3 is 2.60 bits per heavy atom. The van der Waals surface area contributed by atoms with Crippen LogP contribution in [0, 0.1) is 24.7 Å². The molecule has 5 nitrogen and oxygen atoms in total. The summed E-state index contributed by atoms with van der Waals surface area (Å²) in [5.74, 6) is 5.27. The summed E-state index contributed by atoms with van der Waals surface area (Å²) in [7, 11) is 0. The van der Waals surface area contributed by atoms with E-state index in [1.807, 2.05) is 6.92 Å². The van der Waals surface area contributed by atoms with Gasteiger partial charge in [0.05, 0.1) is 18.1 Å². The summed E-state index contributed by atoms with van der Waals surface area (Å²) in [6.07, 6.45) is 12.0. The number of hydrogen-bond acceptors (Lipinski definition) is 5. The summed E-state index contributed by atoms with van der Waals surface area (Å²) in [6, 6.07) is 3.43. The Hall–Kier alpha value is -2.35. The lowest BCUT2D eigenvalue weighted by Crippen LogP contribution is -2.28. The largest absolute Gasteiger partial charge is 0.490 e. The zero-order valence-corrected chi connectivity index (χ0v) is 15.8. The van der Waals surface area contributed by atoms with Gasteiger partial charge in [0.1, 0.15) is 6.61 Å². The molecule has 0 unspecified atom stereocenters. The summed E-state index contributed by atoms with van der Waals surface area (Å²) in [5, 5.41) is -0.385. The van der Waals surface area contributed by atoms with E-state index in [9.17, 15) is 9.59 Å². The second-order valence-corrected chi connectivity index (χ2v) is 6.57. The number of imide groups is 1. The third kappa shape index (κ3) is 4.39. The molecule has 0 spiro atoms. The fourth-order valence-electron chi connectivity index (χ4n) is 2.03. The number of thioether (sulfide) groups is 1. The van der Waals surface area contributed by atoms with Crippen LogP contribution in [0.4, 0.5) is 4.79 Å². The Balaban J connectivity index is 2.38. The Morgan fingerprint density at radius 1 is 1.24 bits per heavy atom. The van der Waals surface area contributed by atoms with Gasteiger partial charge in [0.15, 0.2) is 11.5 Å². The van der Waals surface area contributed by atoms with Crippen molar-refractivity contribution >= 4 is 44.9 Å². The molecule has 1 fully saturated rings. The van der Waals surface area contributed by atoms with E-state index >= 15 is 0 Å². The van der Waals surface area contributed by atoms with Gasteiger partial charge in [-0.1, -0.05) is 27.8 Å². The number of benzene rings is 1. The van der Waals surface area contributed by atoms with Crippen LogP contribution in [-0.2, 0) is 4.79 Å². The minimum atomic E-state index is -0.412. The molecule has 0 radical (unpaired) electrons. The topological polar surface area (TPSA) is 55.8 Å². The van der Waals surface area contributed by atoms with E-state index in [-0.39, 0.29) is 18.4 Å². The molecule has 2 amide bonds. The highest BCUT2D eigenvalue weighted by Crippen LogP contribution is 2.38. The second-order valence-electron chi connectivity index (χ2n) is 4.72. The van der Waals surface area contributed by atoms with E-state index in [4.69, 9.17) is 22.3 Å². The van der Waals surface area contributed by atoms with Crippen LogP contribution in [0.5, 0.6) is 11.5 Å². The molecule has 0 bridgehead atoms. The van der Waals surface area contributed by atoms with Crippen molar-refractivity contribution in [1.29, 1.82) is 0 Å². The monoisotopic (exact) mass is 419 g/mol. The van der Waals surface area contributed by atoms with Crippen molar-refractivity contribution in [2.24, 2.45) is 0 Å². The van der Waals surface area contributed by atoms with Crippen LogP contribution < -0.4 is 9.47 Å². The molecule has 0 aromatic heterocycles. The molecule has 0 atom stereocenters. The average Bonchev–Trinajstić information content (AvgIpc) is 2.84. The van der Waals surface area contributed by atoms with Crippen LogP contribution in [0.15, 0.2) is 21.5 Å². The lowest BCUT2D eigenvalue weighted by atomic mass is 10.2. The van der Waals surface area contributed by atoms with Gasteiger partial charge >= 0.3 is 0 Å². The minimum absolute atomic E-state index is 0.0494. The van der Waals surface area contributed by atoms with E-state index in [0.717, 1.165) is 16.7 Å².